The fourth-order valence-corrected chi connectivity index (χ4v) is 2.29. The highest BCUT2D eigenvalue weighted by Crippen LogP contribution is 2.13. The van der Waals surface area contributed by atoms with Crippen LogP contribution >= 0.6 is 15.9 Å². The average molecular weight is 380 g/mol. The van der Waals surface area contributed by atoms with Gasteiger partial charge in [-0.2, -0.15) is 5.10 Å². The molecule has 2 rings (SSSR count). The summed E-state index contributed by atoms with van der Waals surface area (Å²) in [5.74, 6) is -0.353. The van der Waals surface area contributed by atoms with E-state index in [4.69, 9.17) is 0 Å². The van der Waals surface area contributed by atoms with Crippen LogP contribution < -0.4 is 5.32 Å². The van der Waals surface area contributed by atoms with Crippen LogP contribution in [-0.2, 0) is 9.53 Å². The molecule has 0 aliphatic rings. The predicted molar refractivity (Wildman–Crippen MR) is 89.5 cm³/mol. The maximum atomic E-state index is 12.0. The van der Waals surface area contributed by atoms with Crippen LogP contribution in [0.2, 0.25) is 0 Å². The Morgan fingerprint density at radius 3 is 2.61 bits per heavy atom. The second kappa shape index (κ2) is 8.47. The number of benzene rings is 1. The van der Waals surface area contributed by atoms with Crippen LogP contribution in [0.1, 0.15) is 29.6 Å². The maximum absolute atomic E-state index is 12.0. The molecule has 0 saturated heterocycles. The zero-order valence-electron chi connectivity index (χ0n) is 12.8. The lowest BCUT2D eigenvalue weighted by molar-refractivity contribution is -0.140. The van der Waals surface area contributed by atoms with Crippen molar-refractivity contribution >= 4 is 27.8 Å². The Morgan fingerprint density at radius 2 is 2.00 bits per heavy atom. The molecule has 0 unspecified atom stereocenters. The zero-order chi connectivity index (χ0) is 16.7. The molecule has 0 bridgehead atoms. The SMILES string of the molecule is COC(=O)CCCCNC(=O)c1ccc(-n2cc(Br)cn2)cc1. The first-order valence-corrected chi connectivity index (χ1v) is 8.05. The van der Waals surface area contributed by atoms with Crippen LogP contribution in [0.5, 0.6) is 0 Å². The molecular formula is C16H18BrN3O3. The molecule has 23 heavy (non-hydrogen) atoms. The zero-order valence-corrected chi connectivity index (χ0v) is 14.4. The lowest BCUT2D eigenvalue weighted by Gasteiger charge is -2.06. The van der Waals surface area contributed by atoms with E-state index < -0.39 is 0 Å². The topological polar surface area (TPSA) is 73.2 Å². The van der Waals surface area contributed by atoms with Crippen molar-refractivity contribution in [3.05, 3.63) is 46.7 Å². The number of carbonyl (C=O) groups is 2. The van der Waals surface area contributed by atoms with Crippen LogP contribution in [0.15, 0.2) is 41.1 Å². The van der Waals surface area contributed by atoms with E-state index in [1.807, 2.05) is 18.3 Å². The lowest BCUT2D eigenvalue weighted by atomic mass is 10.2. The summed E-state index contributed by atoms with van der Waals surface area (Å²) in [6, 6.07) is 7.20. The smallest absolute Gasteiger partial charge is 0.305 e. The second-order valence-electron chi connectivity index (χ2n) is 4.94. The highest BCUT2D eigenvalue weighted by atomic mass is 79.9. The van der Waals surface area contributed by atoms with E-state index in [9.17, 15) is 9.59 Å². The monoisotopic (exact) mass is 379 g/mol. The van der Waals surface area contributed by atoms with E-state index >= 15 is 0 Å². The molecule has 1 aromatic carbocycles. The van der Waals surface area contributed by atoms with Gasteiger partial charge in [0.2, 0.25) is 0 Å². The molecule has 1 amide bonds. The first kappa shape index (κ1) is 17.2. The van der Waals surface area contributed by atoms with Crippen LogP contribution in [0.4, 0.5) is 0 Å². The van der Waals surface area contributed by atoms with Crippen molar-refractivity contribution in [3.8, 4) is 5.69 Å². The molecule has 0 radical (unpaired) electrons. The number of ether oxygens (including phenoxy) is 1. The van der Waals surface area contributed by atoms with Gasteiger partial charge >= 0.3 is 5.97 Å². The van der Waals surface area contributed by atoms with E-state index in [0.717, 1.165) is 16.6 Å². The minimum atomic E-state index is -0.225. The third-order valence-corrected chi connectivity index (χ3v) is 3.68. The molecule has 0 fully saturated rings. The molecule has 0 atom stereocenters. The molecule has 122 valence electrons. The predicted octanol–water partition coefficient (Wildman–Crippen LogP) is 2.71. The van der Waals surface area contributed by atoms with Crippen molar-refractivity contribution in [1.29, 1.82) is 0 Å². The maximum Gasteiger partial charge on any atom is 0.305 e. The van der Waals surface area contributed by atoms with Crippen molar-refractivity contribution < 1.29 is 14.3 Å². The Labute approximate surface area is 143 Å². The summed E-state index contributed by atoms with van der Waals surface area (Å²) < 4.78 is 7.18. The Balaban J connectivity index is 1.80. The fraction of sp³-hybridized carbons (Fsp3) is 0.312. The number of amides is 1. The molecule has 0 saturated carbocycles. The summed E-state index contributed by atoms with van der Waals surface area (Å²) in [5, 5.41) is 7.02. The average Bonchev–Trinajstić information content (AvgIpc) is 3.00. The number of nitrogens with one attached hydrogen (secondary N) is 1. The molecule has 0 spiro atoms. The summed E-state index contributed by atoms with van der Waals surface area (Å²) >= 11 is 3.35. The number of halogens is 1. The van der Waals surface area contributed by atoms with Gasteiger partial charge in [-0.15, -0.1) is 0 Å². The number of hydrogen-bond acceptors (Lipinski definition) is 4. The summed E-state index contributed by atoms with van der Waals surface area (Å²) in [6.07, 6.45) is 5.35. The van der Waals surface area contributed by atoms with Crippen molar-refractivity contribution in [2.75, 3.05) is 13.7 Å². The van der Waals surface area contributed by atoms with Crippen LogP contribution in [-0.4, -0.2) is 35.3 Å². The van der Waals surface area contributed by atoms with Gasteiger partial charge in [0.15, 0.2) is 0 Å². The molecular weight excluding hydrogens is 362 g/mol. The van der Waals surface area contributed by atoms with Crippen LogP contribution in [0.3, 0.4) is 0 Å². The fourth-order valence-electron chi connectivity index (χ4n) is 2.01. The molecule has 1 N–H and O–H groups in total. The van der Waals surface area contributed by atoms with Gasteiger partial charge in [-0.05, 0) is 53.0 Å². The minimum absolute atomic E-state index is 0.128. The van der Waals surface area contributed by atoms with E-state index in [1.165, 1.54) is 7.11 Å². The quantitative estimate of drug-likeness (QED) is 0.592. The Morgan fingerprint density at radius 1 is 1.26 bits per heavy atom. The number of esters is 1. The van der Waals surface area contributed by atoms with Gasteiger partial charge < -0.3 is 10.1 Å². The molecule has 7 heteroatoms. The molecule has 0 aliphatic carbocycles. The van der Waals surface area contributed by atoms with Crippen LogP contribution in [0.25, 0.3) is 5.69 Å². The third kappa shape index (κ3) is 5.21. The molecule has 0 aliphatic heterocycles. The minimum Gasteiger partial charge on any atom is -0.469 e. The first-order valence-electron chi connectivity index (χ1n) is 7.26. The summed E-state index contributed by atoms with van der Waals surface area (Å²) in [6.45, 7) is 0.531. The summed E-state index contributed by atoms with van der Waals surface area (Å²) in [4.78, 5) is 23.0. The molecule has 2 aromatic rings. The van der Waals surface area contributed by atoms with Gasteiger partial charge in [-0.1, -0.05) is 0 Å². The van der Waals surface area contributed by atoms with Crippen LogP contribution in [0, 0.1) is 0 Å². The van der Waals surface area contributed by atoms with E-state index in [2.05, 4.69) is 31.1 Å². The van der Waals surface area contributed by atoms with E-state index in [0.29, 0.717) is 24.9 Å². The number of unbranched alkanes of at least 4 members (excludes halogenated alkanes) is 1. The first-order chi connectivity index (χ1) is 11.1. The van der Waals surface area contributed by atoms with Gasteiger partial charge in [0.25, 0.3) is 5.91 Å². The Kier molecular flexibility index (Phi) is 6.34. The molecule has 1 heterocycles. The van der Waals surface area contributed by atoms with Crippen molar-refractivity contribution in [2.45, 2.75) is 19.3 Å². The highest BCUT2D eigenvalue weighted by Gasteiger charge is 2.06. The number of carbonyl (C=O) groups excluding carboxylic acids is 2. The largest absolute Gasteiger partial charge is 0.469 e. The standard InChI is InChI=1S/C16H18BrN3O3/c1-23-15(21)4-2-3-9-18-16(22)12-5-7-14(8-6-12)20-11-13(17)10-19-20/h5-8,10-11H,2-4,9H2,1H3,(H,18,22). The number of hydrogen-bond donors (Lipinski definition) is 1. The number of methoxy groups -OCH3 is 1. The number of aromatic nitrogens is 2. The van der Waals surface area contributed by atoms with E-state index in [1.54, 1.807) is 23.0 Å². The third-order valence-electron chi connectivity index (χ3n) is 3.27. The number of rotatable bonds is 7. The highest BCUT2D eigenvalue weighted by molar-refractivity contribution is 9.10. The Bertz CT molecular complexity index is 667. The van der Waals surface area contributed by atoms with Crippen molar-refractivity contribution in [2.24, 2.45) is 0 Å². The lowest BCUT2D eigenvalue weighted by Crippen LogP contribution is -2.24. The van der Waals surface area contributed by atoms with Crippen molar-refractivity contribution in [1.82, 2.24) is 15.1 Å². The summed E-state index contributed by atoms with van der Waals surface area (Å²) in [5.41, 5.74) is 1.47. The molecule has 6 nitrogen and oxygen atoms in total. The molecule has 1 aromatic heterocycles. The van der Waals surface area contributed by atoms with Gasteiger partial charge in [0.05, 0.1) is 23.5 Å². The van der Waals surface area contributed by atoms with Gasteiger partial charge in [-0.3, -0.25) is 9.59 Å². The van der Waals surface area contributed by atoms with E-state index in [-0.39, 0.29) is 11.9 Å². The number of nitrogens with zero attached hydrogens (tertiary/aromatic N) is 2. The van der Waals surface area contributed by atoms with Gasteiger partial charge in [0.1, 0.15) is 0 Å². The Hall–Kier alpha value is -2.15. The second-order valence-corrected chi connectivity index (χ2v) is 5.85. The van der Waals surface area contributed by atoms with Crippen molar-refractivity contribution in [3.63, 3.8) is 0 Å². The summed E-state index contributed by atoms with van der Waals surface area (Å²) in [7, 11) is 1.37. The normalized spacial score (nSPS) is 10.3. The van der Waals surface area contributed by atoms with Gasteiger partial charge in [0, 0.05) is 24.7 Å². The van der Waals surface area contributed by atoms with Gasteiger partial charge in [-0.25, -0.2) is 4.68 Å².